The topological polar surface area (TPSA) is 53.5 Å². The van der Waals surface area contributed by atoms with Crippen LogP contribution in [-0.4, -0.2) is 40.3 Å². The standard InChI is InChI=1S/C19H37N3OS.HI/c1-3-20-19(21-14-8-11-16-9-5-6-10-16)22-17-12-7-13-18(15-17)24(23)4-2;/h16-18H,3-15H2,1-2H3,(H2,20,21,22);1H. The summed E-state index contributed by atoms with van der Waals surface area (Å²) in [6, 6.07) is 0.423. The Balaban J connectivity index is 0.00000312. The van der Waals surface area contributed by atoms with Crippen LogP contribution < -0.4 is 10.6 Å². The van der Waals surface area contributed by atoms with Gasteiger partial charge in [0.15, 0.2) is 5.96 Å². The van der Waals surface area contributed by atoms with E-state index in [0.717, 1.165) is 43.6 Å². The van der Waals surface area contributed by atoms with Crippen LogP contribution >= 0.6 is 24.0 Å². The highest BCUT2D eigenvalue weighted by Crippen LogP contribution is 2.28. The van der Waals surface area contributed by atoms with Crippen molar-refractivity contribution in [3.05, 3.63) is 0 Å². The molecule has 0 amide bonds. The number of hydrogen-bond acceptors (Lipinski definition) is 2. The van der Waals surface area contributed by atoms with Gasteiger partial charge in [-0.1, -0.05) is 39.0 Å². The molecule has 148 valence electrons. The average molecular weight is 484 g/mol. The molecule has 3 atom stereocenters. The van der Waals surface area contributed by atoms with Crippen LogP contribution in [0.2, 0.25) is 0 Å². The fourth-order valence-corrected chi connectivity index (χ4v) is 5.48. The zero-order valence-corrected chi connectivity index (χ0v) is 19.2. The zero-order chi connectivity index (χ0) is 17.2. The molecule has 2 N–H and O–H groups in total. The van der Waals surface area contributed by atoms with Gasteiger partial charge in [-0.25, -0.2) is 0 Å². The highest BCUT2D eigenvalue weighted by atomic mass is 127. The van der Waals surface area contributed by atoms with Crippen molar-refractivity contribution in [2.24, 2.45) is 10.9 Å². The number of hydrogen-bond donors (Lipinski definition) is 2. The summed E-state index contributed by atoms with van der Waals surface area (Å²) < 4.78 is 12.1. The highest BCUT2D eigenvalue weighted by molar-refractivity contribution is 14.0. The number of halogens is 1. The Morgan fingerprint density at radius 1 is 1.12 bits per heavy atom. The first kappa shape index (κ1) is 23.2. The molecule has 6 heteroatoms. The summed E-state index contributed by atoms with van der Waals surface area (Å²) in [5, 5.41) is 7.35. The molecular weight excluding hydrogens is 445 g/mol. The van der Waals surface area contributed by atoms with Crippen LogP contribution in [0.5, 0.6) is 0 Å². The quantitative estimate of drug-likeness (QED) is 0.235. The van der Waals surface area contributed by atoms with Gasteiger partial charge in [-0.2, -0.15) is 0 Å². The van der Waals surface area contributed by atoms with E-state index >= 15 is 0 Å². The van der Waals surface area contributed by atoms with E-state index in [1.807, 2.05) is 6.92 Å². The minimum atomic E-state index is -0.661. The molecule has 0 heterocycles. The molecule has 3 unspecified atom stereocenters. The van der Waals surface area contributed by atoms with Crippen molar-refractivity contribution >= 4 is 40.7 Å². The molecule has 0 radical (unpaired) electrons. The molecular formula is C19H38IN3OS. The Hall–Kier alpha value is 0.150. The van der Waals surface area contributed by atoms with E-state index in [2.05, 4.69) is 17.6 Å². The number of nitrogens with one attached hydrogen (secondary N) is 2. The molecule has 2 saturated carbocycles. The Kier molecular flexibility index (Phi) is 12.4. The number of aliphatic imine (C=N–C) groups is 1. The molecule has 2 fully saturated rings. The summed E-state index contributed by atoms with van der Waals surface area (Å²) in [5.41, 5.74) is 0. The van der Waals surface area contributed by atoms with Crippen LogP contribution in [0, 0.1) is 5.92 Å². The largest absolute Gasteiger partial charge is 0.357 e. The van der Waals surface area contributed by atoms with Gasteiger partial charge in [0.2, 0.25) is 0 Å². The second-order valence-electron chi connectivity index (χ2n) is 7.35. The molecule has 0 aliphatic heterocycles. The van der Waals surface area contributed by atoms with E-state index < -0.39 is 10.8 Å². The van der Waals surface area contributed by atoms with Gasteiger partial charge in [0.1, 0.15) is 0 Å². The van der Waals surface area contributed by atoms with Crippen molar-refractivity contribution in [3.63, 3.8) is 0 Å². The summed E-state index contributed by atoms with van der Waals surface area (Å²) in [6.07, 6.45) is 12.7. The predicted octanol–water partition coefficient (Wildman–Crippen LogP) is 4.21. The summed E-state index contributed by atoms with van der Waals surface area (Å²) in [6.45, 7) is 5.96. The smallest absolute Gasteiger partial charge is 0.191 e. The van der Waals surface area contributed by atoms with Crippen LogP contribution in [-0.2, 0) is 10.8 Å². The maximum Gasteiger partial charge on any atom is 0.191 e. The number of rotatable bonds is 8. The number of nitrogens with zero attached hydrogens (tertiary/aromatic N) is 1. The van der Waals surface area contributed by atoms with E-state index in [-0.39, 0.29) is 24.0 Å². The van der Waals surface area contributed by atoms with Gasteiger partial charge >= 0.3 is 0 Å². The van der Waals surface area contributed by atoms with Gasteiger partial charge in [-0.05, 0) is 44.9 Å². The van der Waals surface area contributed by atoms with Crippen molar-refractivity contribution in [1.82, 2.24) is 10.6 Å². The zero-order valence-electron chi connectivity index (χ0n) is 16.1. The van der Waals surface area contributed by atoms with E-state index in [0.29, 0.717) is 11.3 Å². The second kappa shape index (κ2) is 13.3. The van der Waals surface area contributed by atoms with Gasteiger partial charge in [0.25, 0.3) is 0 Å². The third kappa shape index (κ3) is 8.59. The molecule has 25 heavy (non-hydrogen) atoms. The van der Waals surface area contributed by atoms with Crippen LogP contribution in [0.25, 0.3) is 0 Å². The van der Waals surface area contributed by atoms with Gasteiger partial charge in [0.05, 0.1) is 0 Å². The summed E-state index contributed by atoms with van der Waals surface area (Å²) in [7, 11) is -0.661. The molecule has 2 rings (SSSR count). The van der Waals surface area contributed by atoms with Gasteiger partial charge in [0, 0.05) is 40.9 Å². The maximum absolute atomic E-state index is 12.1. The highest BCUT2D eigenvalue weighted by Gasteiger charge is 2.26. The normalized spacial score (nSPS) is 26.1. The maximum atomic E-state index is 12.1. The lowest BCUT2D eigenvalue weighted by molar-refractivity contribution is 0.413. The first-order valence-electron chi connectivity index (χ1n) is 10.1. The molecule has 0 spiro atoms. The van der Waals surface area contributed by atoms with Crippen LogP contribution in [0.1, 0.15) is 78.1 Å². The third-order valence-electron chi connectivity index (χ3n) is 5.48. The van der Waals surface area contributed by atoms with Crippen LogP contribution in [0.15, 0.2) is 4.99 Å². The minimum absolute atomic E-state index is 0. The van der Waals surface area contributed by atoms with Gasteiger partial charge in [-0.3, -0.25) is 9.20 Å². The lowest BCUT2D eigenvalue weighted by Gasteiger charge is -2.30. The monoisotopic (exact) mass is 483 g/mol. The molecule has 0 aromatic rings. The molecule has 2 aliphatic carbocycles. The third-order valence-corrected chi connectivity index (χ3v) is 7.22. The first-order chi connectivity index (χ1) is 11.7. The average Bonchev–Trinajstić information content (AvgIpc) is 3.12. The Morgan fingerprint density at radius 3 is 2.56 bits per heavy atom. The van der Waals surface area contributed by atoms with Crippen molar-refractivity contribution in [3.8, 4) is 0 Å². The summed E-state index contributed by atoms with van der Waals surface area (Å²) in [4.78, 5) is 4.78. The second-order valence-corrected chi connectivity index (χ2v) is 9.36. The SMILES string of the molecule is CCNC(=NCCCC1CCCC1)NC1CCCC(S(=O)CC)C1.I. The first-order valence-corrected chi connectivity index (χ1v) is 11.5. The number of guanidine groups is 1. The Labute approximate surface area is 174 Å². The van der Waals surface area contributed by atoms with Crippen molar-refractivity contribution < 1.29 is 4.21 Å². The van der Waals surface area contributed by atoms with Crippen LogP contribution in [0.3, 0.4) is 0 Å². The fraction of sp³-hybridized carbons (Fsp3) is 0.947. The predicted molar refractivity (Wildman–Crippen MR) is 120 cm³/mol. The summed E-state index contributed by atoms with van der Waals surface area (Å²) in [5.74, 6) is 2.70. The molecule has 0 bridgehead atoms. The van der Waals surface area contributed by atoms with E-state index in [1.165, 1.54) is 51.4 Å². The summed E-state index contributed by atoms with van der Waals surface area (Å²) >= 11 is 0. The minimum Gasteiger partial charge on any atom is -0.357 e. The lowest BCUT2D eigenvalue weighted by Crippen LogP contribution is -2.46. The molecule has 0 aromatic heterocycles. The fourth-order valence-electron chi connectivity index (χ4n) is 4.13. The van der Waals surface area contributed by atoms with E-state index in [4.69, 9.17) is 4.99 Å². The van der Waals surface area contributed by atoms with Crippen molar-refractivity contribution in [2.45, 2.75) is 89.3 Å². The lowest BCUT2D eigenvalue weighted by atomic mass is 9.95. The molecule has 4 nitrogen and oxygen atoms in total. The Bertz CT molecular complexity index is 413. The van der Waals surface area contributed by atoms with Gasteiger partial charge in [-0.15, -0.1) is 24.0 Å². The molecule has 2 aliphatic rings. The van der Waals surface area contributed by atoms with Crippen LogP contribution in [0.4, 0.5) is 0 Å². The van der Waals surface area contributed by atoms with E-state index in [1.54, 1.807) is 0 Å². The van der Waals surface area contributed by atoms with Crippen molar-refractivity contribution in [1.29, 1.82) is 0 Å². The van der Waals surface area contributed by atoms with Crippen molar-refractivity contribution in [2.75, 3.05) is 18.8 Å². The molecule has 0 saturated heterocycles. The molecule has 0 aromatic carbocycles. The van der Waals surface area contributed by atoms with E-state index in [9.17, 15) is 4.21 Å². The Morgan fingerprint density at radius 2 is 1.88 bits per heavy atom. The van der Waals surface area contributed by atoms with Gasteiger partial charge < -0.3 is 10.6 Å².